The summed E-state index contributed by atoms with van der Waals surface area (Å²) in [6.07, 6.45) is -6.15. The fourth-order valence-corrected chi connectivity index (χ4v) is 5.76. The largest absolute Gasteiger partial charge is 0.394 e. The molecule has 3 heterocycles. The SMILES string of the molecule is C=CCC(C)C(OCc1cn([C@@H]2O[C@H](CO)[C@H](O)[C@H]2O[C@]2(O)C[C@H](O)[C@@H](CO)O2)c(=O)nc1N)c1ccc(I)cc1[N+](=O)[O-]. The molecule has 2 aliphatic rings. The van der Waals surface area contributed by atoms with Gasteiger partial charge in [-0.25, -0.2) is 4.79 Å². The predicted molar refractivity (Wildman–Crippen MR) is 160 cm³/mol. The molecule has 7 N–H and O–H groups in total. The van der Waals surface area contributed by atoms with Crippen molar-refractivity contribution >= 4 is 34.1 Å². The summed E-state index contributed by atoms with van der Waals surface area (Å²) in [6.45, 7) is 4.04. The Labute approximate surface area is 264 Å². The van der Waals surface area contributed by atoms with Crippen LogP contribution in [0.1, 0.15) is 43.2 Å². The standard InChI is InChI=1S/C27H35IN4O12/c1-3-4-13(2)22(16-6-5-15(28)7-17(16)32(39)40)41-12-14-9-31(26(37)30-24(14)29)25-23(21(36)20(11-34)42-25)44-27(38)8-18(35)19(10-33)43-27/h3,5-7,9,13,18-23,25,33-36,38H,1,4,8,10-12H2,2H3,(H2,29,30,37)/t13?,18-,19+,20+,21-,22?,23+,25+,27-/m0/s1. The van der Waals surface area contributed by atoms with Crippen LogP contribution in [0.5, 0.6) is 0 Å². The van der Waals surface area contributed by atoms with Gasteiger partial charge in [-0.15, -0.1) is 6.58 Å². The summed E-state index contributed by atoms with van der Waals surface area (Å²) in [5.41, 5.74) is 5.53. The molecule has 0 amide bonds. The van der Waals surface area contributed by atoms with E-state index < -0.39 is 79.1 Å². The molecule has 44 heavy (non-hydrogen) atoms. The van der Waals surface area contributed by atoms with E-state index in [1.54, 1.807) is 18.2 Å². The van der Waals surface area contributed by atoms with Gasteiger partial charge in [-0.05, 0) is 47.1 Å². The Hall–Kier alpha value is -2.59. The number of ether oxygens (including phenoxy) is 4. The molecule has 0 bridgehead atoms. The van der Waals surface area contributed by atoms with Gasteiger partial charge in [-0.3, -0.25) is 14.7 Å². The summed E-state index contributed by atoms with van der Waals surface area (Å²) in [5.74, 6) is -2.91. The van der Waals surface area contributed by atoms with E-state index in [0.717, 1.165) is 4.57 Å². The maximum atomic E-state index is 13.0. The zero-order valence-electron chi connectivity index (χ0n) is 23.6. The molecular formula is C27H35IN4O12. The summed E-state index contributed by atoms with van der Waals surface area (Å²) in [4.78, 5) is 28.2. The summed E-state index contributed by atoms with van der Waals surface area (Å²) < 4.78 is 24.3. The summed E-state index contributed by atoms with van der Waals surface area (Å²) in [5, 5.41) is 62.7. The number of rotatable bonds is 13. The predicted octanol–water partition coefficient (Wildman–Crippen LogP) is 0.232. The van der Waals surface area contributed by atoms with Gasteiger partial charge >= 0.3 is 5.69 Å². The molecule has 2 aromatic rings. The van der Waals surface area contributed by atoms with Gasteiger partial charge in [-0.1, -0.05) is 13.0 Å². The molecule has 9 atom stereocenters. The van der Waals surface area contributed by atoms with E-state index in [0.29, 0.717) is 15.6 Å². The average Bonchev–Trinajstić information content (AvgIpc) is 3.44. The molecule has 242 valence electrons. The van der Waals surface area contributed by atoms with E-state index in [1.165, 1.54) is 12.3 Å². The summed E-state index contributed by atoms with van der Waals surface area (Å²) >= 11 is 1.98. The van der Waals surface area contributed by atoms with Crippen LogP contribution in [0.15, 0.2) is 41.8 Å². The van der Waals surface area contributed by atoms with Gasteiger partial charge in [0.1, 0.15) is 30.2 Å². The van der Waals surface area contributed by atoms with Crippen LogP contribution >= 0.6 is 22.6 Å². The third-order valence-electron chi connectivity index (χ3n) is 7.53. The van der Waals surface area contributed by atoms with Gasteiger partial charge in [0, 0.05) is 21.4 Å². The van der Waals surface area contributed by atoms with E-state index in [1.807, 2.05) is 29.5 Å². The quantitative estimate of drug-likeness (QED) is 0.0531. The van der Waals surface area contributed by atoms with Gasteiger partial charge in [-0.2, -0.15) is 4.98 Å². The fraction of sp³-hybridized carbons (Fsp3) is 0.556. The van der Waals surface area contributed by atoms with Gasteiger partial charge in [0.05, 0.1) is 48.9 Å². The number of nitro groups is 1. The molecular weight excluding hydrogens is 699 g/mol. The molecule has 1 aromatic heterocycles. The lowest BCUT2D eigenvalue weighted by Crippen LogP contribution is -2.46. The van der Waals surface area contributed by atoms with Gasteiger partial charge in [0.25, 0.3) is 11.7 Å². The highest BCUT2D eigenvalue weighted by Gasteiger charge is 2.54. The third-order valence-corrected chi connectivity index (χ3v) is 8.20. The van der Waals surface area contributed by atoms with Crippen molar-refractivity contribution in [1.29, 1.82) is 0 Å². The van der Waals surface area contributed by atoms with Crippen molar-refractivity contribution < 1.29 is 49.4 Å². The number of aliphatic hydroxyl groups excluding tert-OH is 4. The maximum absolute atomic E-state index is 13.0. The first-order valence-corrected chi connectivity index (χ1v) is 14.8. The van der Waals surface area contributed by atoms with Crippen LogP contribution in [0.2, 0.25) is 0 Å². The van der Waals surface area contributed by atoms with Crippen LogP contribution < -0.4 is 11.4 Å². The van der Waals surface area contributed by atoms with Crippen LogP contribution in [-0.2, 0) is 25.6 Å². The molecule has 2 unspecified atom stereocenters. The van der Waals surface area contributed by atoms with Crippen LogP contribution in [0.3, 0.4) is 0 Å². The molecule has 16 nitrogen and oxygen atoms in total. The number of benzene rings is 1. The molecule has 0 aliphatic carbocycles. The minimum atomic E-state index is -2.46. The van der Waals surface area contributed by atoms with Gasteiger partial charge in [0.15, 0.2) is 6.23 Å². The highest BCUT2D eigenvalue weighted by Crippen LogP contribution is 2.39. The molecule has 1 aromatic carbocycles. The van der Waals surface area contributed by atoms with Crippen molar-refractivity contribution in [3.63, 3.8) is 0 Å². The number of aliphatic hydroxyl groups is 5. The first kappa shape index (κ1) is 34.3. The molecule has 2 aliphatic heterocycles. The Balaban J connectivity index is 1.65. The van der Waals surface area contributed by atoms with Crippen molar-refractivity contribution in [3.8, 4) is 0 Å². The monoisotopic (exact) mass is 734 g/mol. The number of hydrogen-bond acceptors (Lipinski definition) is 14. The Morgan fingerprint density at radius 1 is 1.34 bits per heavy atom. The number of anilines is 1. The Bertz CT molecular complexity index is 1410. The number of hydrogen-bond donors (Lipinski definition) is 6. The lowest BCUT2D eigenvalue weighted by atomic mass is 9.93. The van der Waals surface area contributed by atoms with Crippen molar-refractivity contribution in [2.24, 2.45) is 5.92 Å². The topological polar surface area (TPSA) is 242 Å². The number of nitrogens with two attached hydrogens (primary N) is 1. The summed E-state index contributed by atoms with van der Waals surface area (Å²) in [6, 6.07) is 4.78. The van der Waals surface area contributed by atoms with Gasteiger partial charge < -0.3 is 50.2 Å². The van der Waals surface area contributed by atoms with Crippen molar-refractivity contribution in [1.82, 2.24) is 9.55 Å². The third kappa shape index (κ3) is 7.27. The lowest BCUT2D eigenvalue weighted by Gasteiger charge is -2.30. The molecule has 17 heteroatoms. The number of nitro benzene ring substituents is 1. The second-order valence-electron chi connectivity index (χ2n) is 10.7. The minimum Gasteiger partial charge on any atom is -0.394 e. The van der Waals surface area contributed by atoms with Gasteiger partial charge in [0.2, 0.25) is 0 Å². The van der Waals surface area contributed by atoms with E-state index in [9.17, 15) is 40.4 Å². The molecule has 0 spiro atoms. The van der Waals surface area contributed by atoms with E-state index in [4.69, 9.17) is 24.7 Å². The Morgan fingerprint density at radius 2 is 2.05 bits per heavy atom. The molecule has 2 saturated heterocycles. The minimum absolute atomic E-state index is 0.127. The zero-order chi connectivity index (χ0) is 32.3. The Morgan fingerprint density at radius 3 is 2.66 bits per heavy atom. The highest BCUT2D eigenvalue weighted by atomic mass is 127. The normalized spacial score (nSPS) is 29.9. The number of nitrogens with zero attached hydrogens (tertiary/aromatic N) is 3. The van der Waals surface area contributed by atoms with Crippen molar-refractivity contribution in [2.75, 3.05) is 18.9 Å². The van der Waals surface area contributed by atoms with E-state index in [-0.39, 0.29) is 29.6 Å². The second kappa shape index (κ2) is 14.2. The van der Waals surface area contributed by atoms with Crippen LogP contribution in [0.25, 0.3) is 0 Å². The van der Waals surface area contributed by atoms with E-state index >= 15 is 0 Å². The first-order valence-electron chi connectivity index (χ1n) is 13.7. The first-order chi connectivity index (χ1) is 20.8. The Kier molecular flexibility index (Phi) is 11.1. The average molecular weight is 734 g/mol. The summed E-state index contributed by atoms with van der Waals surface area (Å²) in [7, 11) is 0. The highest BCUT2D eigenvalue weighted by molar-refractivity contribution is 14.1. The van der Waals surface area contributed by atoms with Crippen LogP contribution in [0, 0.1) is 19.6 Å². The van der Waals surface area contributed by atoms with Crippen molar-refractivity contribution in [2.45, 2.75) is 75.2 Å². The second-order valence-corrected chi connectivity index (χ2v) is 11.9. The molecule has 0 radical (unpaired) electrons. The number of halogens is 1. The van der Waals surface area contributed by atoms with Crippen LogP contribution in [0.4, 0.5) is 11.5 Å². The van der Waals surface area contributed by atoms with Crippen molar-refractivity contribution in [3.05, 3.63) is 72.3 Å². The number of nitrogen functional groups attached to an aromatic ring is 1. The fourth-order valence-electron chi connectivity index (χ4n) is 5.28. The maximum Gasteiger partial charge on any atom is 0.351 e. The molecule has 4 rings (SSSR count). The smallest absolute Gasteiger partial charge is 0.351 e. The lowest BCUT2D eigenvalue weighted by molar-refractivity contribution is -0.386. The number of allylic oxidation sites excluding steroid dienone is 1. The van der Waals surface area contributed by atoms with E-state index in [2.05, 4.69) is 11.6 Å². The molecule has 2 fully saturated rings. The number of aromatic nitrogens is 2. The van der Waals surface area contributed by atoms with Crippen LogP contribution in [-0.4, -0.2) is 89.7 Å². The zero-order valence-corrected chi connectivity index (χ0v) is 25.8. The molecule has 0 saturated carbocycles.